The zero-order valence-corrected chi connectivity index (χ0v) is 17.3. The third-order valence-corrected chi connectivity index (χ3v) is 5.42. The van der Waals surface area contributed by atoms with E-state index in [1.165, 1.54) is 12.1 Å². The van der Waals surface area contributed by atoms with Gasteiger partial charge in [-0.05, 0) is 42.9 Å². The van der Waals surface area contributed by atoms with Crippen LogP contribution in [0.5, 0.6) is 5.75 Å². The number of benzene rings is 2. The Balaban J connectivity index is 1.44. The molecular formula is C23H26N4O3. The van der Waals surface area contributed by atoms with Gasteiger partial charge in [-0.15, -0.1) is 0 Å². The topological polar surface area (TPSA) is 70.8 Å². The number of aromatic nitrogens is 1. The van der Waals surface area contributed by atoms with Crippen molar-refractivity contribution >= 4 is 17.3 Å². The Bertz CT molecular complexity index is 992. The van der Waals surface area contributed by atoms with Gasteiger partial charge in [-0.1, -0.05) is 19.1 Å². The highest BCUT2D eigenvalue weighted by molar-refractivity contribution is 6.06. The molecule has 30 heavy (non-hydrogen) atoms. The predicted molar refractivity (Wildman–Crippen MR) is 117 cm³/mol. The summed E-state index contributed by atoms with van der Waals surface area (Å²) in [5.41, 5.74) is 2.86. The predicted octanol–water partition coefficient (Wildman–Crippen LogP) is 3.74. The quantitative estimate of drug-likeness (QED) is 0.672. The van der Waals surface area contributed by atoms with Crippen molar-refractivity contribution in [3.05, 3.63) is 60.6 Å². The summed E-state index contributed by atoms with van der Waals surface area (Å²) in [7, 11) is 1.60. The molecule has 0 atom stereocenters. The molecule has 0 aliphatic carbocycles. The number of likely N-dealkylation sites (N-methyl/N-ethyl adjacent to an activating group) is 1. The molecule has 3 aromatic rings. The number of amides is 1. The summed E-state index contributed by atoms with van der Waals surface area (Å²) in [4.78, 5) is 21.7. The smallest absolute Gasteiger partial charge is 0.278 e. The van der Waals surface area contributed by atoms with E-state index in [1.807, 2.05) is 48.5 Å². The van der Waals surface area contributed by atoms with Crippen LogP contribution in [0.2, 0.25) is 0 Å². The molecular weight excluding hydrogens is 380 g/mol. The van der Waals surface area contributed by atoms with Gasteiger partial charge in [0.2, 0.25) is 0 Å². The Morgan fingerprint density at radius 2 is 1.90 bits per heavy atom. The molecule has 1 aliphatic heterocycles. The molecule has 0 saturated carbocycles. The van der Waals surface area contributed by atoms with Crippen molar-refractivity contribution < 1.29 is 13.9 Å². The molecule has 1 N–H and O–H groups in total. The molecule has 0 radical (unpaired) electrons. The summed E-state index contributed by atoms with van der Waals surface area (Å²) in [6, 6.07) is 15.3. The van der Waals surface area contributed by atoms with Crippen molar-refractivity contribution in [2.75, 3.05) is 50.1 Å². The lowest BCUT2D eigenvalue weighted by atomic mass is 10.1. The summed E-state index contributed by atoms with van der Waals surface area (Å²) in [5.74, 6) is 0.785. The minimum atomic E-state index is -0.314. The largest absolute Gasteiger partial charge is 0.497 e. The number of piperazine rings is 1. The fourth-order valence-electron chi connectivity index (χ4n) is 3.65. The summed E-state index contributed by atoms with van der Waals surface area (Å²) < 4.78 is 10.7. The SMILES string of the molecule is CCN1CCN(c2ccc(NC(=O)c3ncoc3-c3cccc(OC)c3)cc2)CC1. The summed E-state index contributed by atoms with van der Waals surface area (Å²) >= 11 is 0. The lowest BCUT2D eigenvalue weighted by molar-refractivity contribution is 0.102. The summed E-state index contributed by atoms with van der Waals surface area (Å²) in [6.45, 7) is 7.48. The van der Waals surface area contributed by atoms with Crippen molar-refractivity contribution in [2.24, 2.45) is 0 Å². The van der Waals surface area contributed by atoms with Gasteiger partial charge >= 0.3 is 0 Å². The van der Waals surface area contributed by atoms with Gasteiger partial charge in [-0.2, -0.15) is 0 Å². The normalized spacial score (nSPS) is 14.5. The van der Waals surface area contributed by atoms with Crippen LogP contribution in [0.15, 0.2) is 59.3 Å². The number of carbonyl (C=O) groups excluding carboxylic acids is 1. The number of ether oxygens (including phenoxy) is 1. The highest BCUT2D eigenvalue weighted by Gasteiger charge is 2.20. The van der Waals surface area contributed by atoms with Crippen LogP contribution in [0.4, 0.5) is 11.4 Å². The van der Waals surface area contributed by atoms with Crippen molar-refractivity contribution in [2.45, 2.75) is 6.92 Å². The van der Waals surface area contributed by atoms with Crippen LogP contribution in [0.25, 0.3) is 11.3 Å². The Hall–Kier alpha value is -3.32. The molecule has 0 unspecified atom stereocenters. The van der Waals surface area contributed by atoms with E-state index >= 15 is 0 Å². The van der Waals surface area contributed by atoms with Crippen LogP contribution >= 0.6 is 0 Å². The lowest BCUT2D eigenvalue weighted by Crippen LogP contribution is -2.46. The molecule has 1 fully saturated rings. The minimum absolute atomic E-state index is 0.239. The molecule has 2 aromatic carbocycles. The highest BCUT2D eigenvalue weighted by atomic mass is 16.5. The van der Waals surface area contributed by atoms with Gasteiger partial charge in [-0.25, -0.2) is 4.98 Å². The third-order valence-electron chi connectivity index (χ3n) is 5.42. The summed E-state index contributed by atoms with van der Waals surface area (Å²) in [6.07, 6.45) is 1.28. The van der Waals surface area contributed by atoms with Gasteiger partial charge in [0.25, 0.3) is 5.91 Å². The number of carbonyl (C=O) groups is 1. The number of nitrogens with zero attached hydrogens (tertiary/aromatic N) is 3. The second kappa shape index (κ2) is 9.00. The highest BCUT2D eigenvalue weighted by Crippen LogP contribution is 2.27. The van der Waals surface area contributed by atoms with Crippen molar-refractivity contribution in [3.8, 4) is 17.1 Å². The maximum Gasteiger partial charge on any atom is 0.278 e. The van der Waals surface area contributed by atoms with Crippen molar-refractivity contribution in [1.29, 1.82) is 0 Å². The molecule has 4 rings (SSSR count). The van der Waals surface area contributed by atoms with Gasteiger partial charge in [0, 0.05) is 43.1 Å². The van der Waals surface area contributed by atoms with Gasteiger partial charge in [-0.3, -0.25) is 4.79 Å². The minimum Gasteiger partial charge on any atom is -0.497 e. The average molecular weight is 406 g/mol. The number of hydrogen-bond donors (Lipinski definition) is 1. The number of nitrogens with one attached hydrogen (secondary N) is 1. The van der Waals surface area contributed by atoms with Crippen molar-refractivity contribution in [1.82, 2.24) is 9.88 Å². The number of hydrogen-bond acceptors (Lipinski definition) is 6. The van der Waals surface area contributed by atoms with Crippen LogP contribution in [0.3, 0.4) is 0 Å². The fraction of sp³-hybridized carbons (Fsp3) is 0.304. The standard InChI is InChI=1S/C23H26N4O3/c1-3-26-11-13-27(14-12-26)19-9-7-18(8-10-19)25-23(28)21-22(30-16-24-21)17-5-4-6-20(15-17)29-2/h4-10,15-16H,3,11-14H2,1-2H3,(H,25,28). The number of oxazole rings is 1. The van der Waals surface area contributed by atoms with Crippen LogP contribution in [0.1, 0.15) is 17.4 Å². The van der Waals surface area contributed by atoms with E-state index in [0.717, 1.165) is 44.0 Å². The van der Waals surface area contributed by atoms with Crippen LogP contribution < -0.4 is 15.0 Å². The first-order chi connectivity index (χ1) is 14.7. The molecule has 0 spiro atoms. The fourth-order valence-corrected chi connectivity index (χ4v) is 3.65. The van der Waals surface area contributed by atoms with Crippen LogP contribution in [-0.2, 0) is 0 Å². The van der Waals surface area contributed by atoms with Crippen LogP contribution in [0, 0.1) is 0 Å². The first-order valence-corrected chi connectivity index (χ1v) is 10.1. The number of methoxy groups -OCH3 is 1. The third kappa shape index (κ3) is 4.31. The second-order valence-electron chi connectivity index (χ2n) is 7.18. The van der Waals surface area contributed by atoms with E-state index in [4.69, 9.17) is 9.15 Å². The molecule has 156 valence electrons. The average Bonchev–Trinajstić information content (AvgIpc) is 3.30. The molecule has 1 aliphatic rings. The molecule has 1 aromatic heterocycles. The van der Waals surface area contributed by atoms with Gasteiger partial charge < -0.3 is 24.3 Å². The van der Waals surface area contributed by atoms with E-state index in [-0.39, 0.29) is 11.6 Å². The Kier molecular flexibility index (Phi) is 5.99. The number of anilines is 2. The Morgan fingerprint density at radius 1 is 1.13 bits per heavy atom. The zero-order chi connectivity index (χ0) is 20.9. The molecule has 0 bridgehead atoms. The monoisotopic (exact) mass is 406 g/mol. The maximum absolute atomic E-state index is 12.8. The molecule has 1 saturated heterocycles. The molecule has 7 heteroatoms. The summed E-state index contributed by atoms with van der Waals surface area (Å²) in [5, 5.41) is 2.91. The first kappa shape index (κ1) is 20.0. The van der Waals surface area contributed by atoms with E-state index in [9.17, 15) is 4.79 Å². The first-order valence-electron chi connectivity index (χ1n) is 10.1. The van der Waals surface area contributed by atoms with E-state index in [2.05, 4.69) is 27.0 Å². The van der Waals surface area contributed by atoms with Crippen LogP contribution in [-0.4, -0.2) is 55.6 Å². The molecule has 1 amide bonds. The Morgan fingerprint density at radius 3 is 2.60 bits per heavy atom. The van der Waals surface area contributed by atoms with Gasteiger partial charge in [0.15, 0.2) is 17.8 Å². The van der Waals surface area contributed by atoms with Crippen molar-refractivity contribution in [3.63, 3.8) is 0 Å². The molecule has 7 nitrogen and oxygen atoms in total. The number of rotatable bonds is 6. The van der Waals surface area contributed by atoms with Gasteiger partial charge in [0.1, 0.15) is 5.75 Å². The lowest BCUT2D eigenvalue weighted by Gasteiger charge is -2.35. The van der Waals surface area contributed by atoms with E-state index in [0.29, 0.717) is 11.5 Å². The van der Waals surface area contributed by atoms with E-state index in [1.54, 1.807) is 7.11 Å². The molecule has 2 heterocycles. The second-order valence-corrected chi connectivity index (χ2v) is 7.18. The van der Waals surface area contributed by atoms with Gasteiger partial charge in [0.05, 0.1) is 7.11 Å². The zero-order valence-electron chi connectivity index (χ0n) is 17.3. The Labute approximate surface area is 176 Å². The van der Waals surface area contributed by atoms with E-state index < -0.39 is 0 Å². The maximum atomic E-state index is 12.8.